The number of nitrogens with zero attached hydrogens (tertiary/aromatic N) is 1. The molecule has 0 aliphatic carbocycles. The molecule has 1 heterocycles. The first-order valence-electron chi connectivity index (χ1n) is 6.03. The minimum absolute atomic E-state index is 0.112. The predicted octanol–water partition coefficient (Wildman–Crippen LogP) is 5.04. The molecule has 0 bridgehead atoms. The van der Waals surface area contributed by atoms with Gasteiger partial charge in [0.15, 0.2) is 11.6 Å². The number of nitrogens with two attached hydrogens (primary N) is 1. The second-order valence-electron chi connectivity index (χ2n) is 4.38. The van der Waals surface area contributed by atoms with E-state index in [0.717, 1.165) is 0 Å². The fourth-order valence-electron chi connectivity index (χ4n) is 2.06. The van der Waals surface area contributed by atoms with Crippen LogP contribution in [0.1, 0.15) is 0 Å². The first kappa shape index (κ1) is 13.9. The van der Waals surface area contributed by atoms with Crippen LogP contribution in [0.2, 0.25) is 10.0 Å². The molecule has 21 heavy (non-hydrogen) atoms. The molecule has 1 aromatic heterocycles. The molecular formula is C15H9Cl2FN2O. The van der Waals surface area contributed by atoms with E-state index >= 15 is 0 Å². The molecule has 0 aliphatic rings. The highest BCUT2D eigenvalue weighted by atomic mass is 35.5. The van der Waals surface area contributed by atoms with Crippen molar-refractivity contribution in [3.8, 4) is 22.5 Å². The first-order chi connectivity index (χ1) is 10.1. The van der Waals surface area contributed by atoms with Crippen LogP contribution in [0.25, 0.3) is 22.5 Å². The highest BCUT2D eigenvalue weighted by Gasteiger charge is 2.20. The number of halogens is 3. The van der Waals surface area contributed by atoms with Crippen molar-refractivity contribution >= 4 is 29.0 Å². The second-order valence-corrected chi connectivity index (χ2v) is 5.20. The number of hydrogen-bond donors (Lipinski definition) is 1. The SMILES string of the molecule is Nc1noc(-c2ccc(Cl)c(Cl)c2)c1-c1ccccc1F. The maximum atomic E-state index is 14.0. The lowest BCUT2D eigenvalue weighted by Gasteiger charge is -2.05. The van der Waals surface area contributed by atoms with E-state index in [1.165, 1.54) is 6.07 Å². The predicted molar refractivity (Wildman–Crippen MR) is 81.8 cm³/mol. The van der Waals surface area contributed by atoms with E-state index in [1.807, 2.05) is 0 Å². The van der Waals surface area contributed by atoms with Gasteiger partial charge in [-0.2, -0.15) is 0 Å². The molecule has 106 valence electrons. The lowest BCUT2D eigenvalue weighted by Crippen LogP contribution is -1.91. The number of benzene rings is 2. The van der Waals surface area contributed by atoms with Crippen LogP contribution in [0.5, 0.6) is 0 Å². The number of anilines is 1. The van der Waals surface area contributed by atoms with Gasteiger partial charge in [0.2, 0.25) is 0 Å². The fourth-order valence-corrected chi connectivity index (χ4v) is 2.36. The van der Waals surface area contributed by atoms with Crippen molar-refractivity contribution in [2.45, 2.75) is 0 Å². The molecule has 0 fully saturated rings. The third-order valence-electron chi connectivity index (χ3n) is 3.04. The Morgan fingerprint density at radius 1 is 1.05 bits per heavy atom. The zero-order valence-corrected chi connectivity index (χ0v) is 12.1. The van der Waals surface area contributed by atoms with Crippen molar-refractivity contribution in [1.82, 2.24) is 5.16 Å². The van der Waals surface area contributed by atoms with Gasteiger partial charge in [0.1, 0.15) is 5.82 Å². The van der Waals surface area contributed by atoms with E-state index in [2.05, 4.69) is 5.16 Å². The van der Waals surface area contributed by atoms with Crippen LogP contribution >= 0.6 is 23.2 Å². The van der Waals surface area contributed by atoms with Gasteiger partial charge in [0, 0.05) is 11.1 Å². The average Bonchev–Trinajstić information content (AvgIpc) is 2.84. The van der Waals surface area contributed by atoms with Gasteiger partial charge in [-0.3, -0.25) is 0 Å². The third kappa shape index (κ3) is 2.48. The third-order valence-corrected chi connectivity index (χ3v) is 3.78. The van der Waals surface area contributed by atoms with Crippen LogP contribution in [-0.2, 0) is 0 Å². The van der Waals surface area contributed by atoms with Crippen molar-refractivity contribution in [3.63, 3.8) is 0 Å². The summed E-state index contributed by atoms with van der Waals surface area (Å²) in [6.07, 6.45) is 0. The fraction of sp³-hybridized carbons (Fsp3) is 0. The number of rotatable bonds is 2. The summed E-state index contributed by atoms with van der Waals surface area (Å²) in [5, 5.41) is 4.50. The van der Waals surface area contributed by atoms with E-state index in [0.29, 0.717) is 32.5 Å². The van der Waals surface area contributed by atoms with Gasteiger partial charge in [-0.05, 0) is 24.3 Å². The molecule has 6 heteroatoms. The maximum absolute atomic E-state index is 14.0. The van der Waals surface area contributed by atoms with Gasteiger partial charge in [-0.1, -0.05) is 46.6 Å². The summed E-state index contributed by atoms with van der Waals surface area (Å²) in [4.78, 5) is 0. The van der Waals surface area contributed by atoms with E-state index in [4.69, 9.17) is 33.5 Å². The minimum atomic E-state index is -0.409. The van der Waals surface area contributed by atoms with E-state index in [1.54, 1.807) is 36.4 Å². The van der Waals surface area contributed by atoms with Crippen LogP contribution in [0.4, 0.5) is 10.2 Å². The summed E-state index contributed by atoms with van der Waals surface area (Å²) in [5.41, 5.74) is 7.15. The molecule has 3 nitrogen and oxygen atoms in total. The molecule has 2 aromatic carbocycles. The molecule has 0 aliphatic heterocycles. The molecule has 0 unspecified atom stereocenters. The van der Waals surface area contributed by atoms with Crippen molar-refractivity contribution in [1.29, 1.82) is 0 Å². The Bertz CT molecular complexity index is 817. The van der Waals surface area contributed by atoms with Gasteiger partial charge >= 0.3 is 0 Å². The Hall–Kier alpha value is -2.04. The molecule has 0 saturated heterocycles. The minimum Gasteiger partial charge on any atom is -0.380 e. The monoisotopic (exact) mass is 322 g/mol. The Balaban J connectivity index is 2.22. The van der Waals surface area contributed by atoms with Gasteiger partial charge in [0.25, 0.3) is 0 Å². The van der Waals surface area contributed by atoms with E-state index in [9.17, 15) is 4.39 Å². The second kappa shape index (κ2) is 5.39. The Morgan fingerprint density at radius 2 is 1.81 bits per heavy atom. The molecule has 3 aromatic rings. The number of nitrogen functional groups attached to an aromatic ring is 1. The molecule has 0 amide bonds. The maximum Gasteiger partial charge on any atom is 0.177 e. The van der Waals surface area contributed by atoms with Crippen LogP contribution in [0.15, 0.2) is 47.0 Å². The lowest BCUT2D eigenvalue weighted by atomic mass is 10.0. The average molecular weight is 323 g/mol. The summed E-state index contributed by atoms with van der Waals surface area (Å²) < 4.78 is 19.2. The summed E-state index contributed by atoms with van der Waals surface area (Å²) in [7, 11) is 0. The standard InChI is InChI=1S/C15H9Cl2FN2O/c16-10-6-5-8(7-11(10)17)14-13(15(19)20-21-14)9-3-1-2-4-12(9)18/h1-7H,(H2,19,20). The van der Waals surface area contributed by atoms with Crippen LogP contribution < -0.4 is 5.73 Å². The molecule has 0 radical (unpaired) electrons. The summed E-state index contributed by atoms with van der Waals surface area (Å²) >= 11 is 11.9. The highest BCUT2D eigenvalue weighted by molar-refractivity contribution is 6.42. The first-order valence-corrected chi connectivity index (χ1v) is 6.79. The van der Waals surface area contributed by atoms with Gasteiger partial charge < -0.3 is 10.3 Å². The molecule has 0 spiro atoms. The van der Waals surface area contributed by atoms with Gasteiger partial charge in [-0.25, -0.2) is 4.39 Å². The summed E-state index contributed by atoms with van der Waals surface area (Å²) in [6, 6.07) is 11.2. The molecular weight excluding hydrogens is 314 g/mol. The molecule has 0 atom stereocenters. The van der Waals surface area contributed by atoms with Crippen LogP contribution in [0, 0.1) is 5.82 Å². The largest absolute Gasteiger partial charge is 0.380 e. The van der Waals surface area contributed by atoms with Crippen molar-refractivity contribution in [2.75, 3.05) is 5.73 Å². The highest BCUT2D eigenvalue weighted by Crippen LogP contribution is 2.39. The topological polar surface area (TPSA) is 52.0 Å². The summed E-state index contributed by atoms with van der Waals surface area (Å²) in [6.45, 7) is 0. The Morgan fingerprint density at radius 3 is 2.52 bits per heavy atom. The van der Waals surface area contributed by atoms with E-state index in [-0.39, 0.29) is 5.82 Å². The zero-order chi connectivity index (χ0) is 15.0. The molecule has 2 N–H and O–H groups in total. The molecule has 3 rings (SSSR count). The van der Waals surface area contributed by atoms with Crippen molar-refractivity contribution in [2.24, 2.45) is 0 Å². The normalized spacial score (nSPS) is 10.8. The summed E-state index contributed by atoms with van der Waals surface area (Å²) in [5.74, 6) is 0.0473. The quantitative estimate of drug-likeness (QED) is 0.719. The number of aromatic nitrogens is 1. The zero-order valence-electron chi connectivity index (χ0n) is 10.6. The van der Waals surface area contributed by atoms with Crippen molar-refractivity contribution < 1.29 is 8.91 Å². The smallest absolute Gasteiger partial charge is 0.177 e. The van der Waals surface area contributed by atoms with Gasteiger partial charge in [-0.15, -0.1) is 0 Å². The van der Waals surface area contributed by atoms with Crippen LogP contribution in [-0.4, -0.2) is 5.16 Å². The Kier molecular flexibility index (Phi) is 3.57. The Labute approximate surface area is 130 Å². The van der Waals surface area contributed by atoms with Crippen molar-refractivity contribution in [3.05, 3.63) is 58.3 Å². The lowest BCUT2D eigenvalue weighted by molar-refractivity contribution is 0.436. The van der Waals surface area contributed by atoms with Gasteiger partial charge in [0.05, 0.1) is 15.6 Å². The molecule has 0 saturated carbocycles. The van der Waals surface area contributed by atoms with E-state index < -0.39 is 5.82 Å². The van der Waals surface area contributed by atoms with Crippen LogP contribution in [0.3, 0.4) is 0 Å². The number of hydrogen-bond acceptors (Lipinski definition) is 3.